The summed E-state index contributed by atoms with van der Waals surface area (Å²) in [6.07, 6.45) is 7.52. The number of aryl methyl sites for hydroxylation is 1. The average Bonchev–Trinajstić information content (AvgIpc) is 2.62. The molecule has 0 fully saturated rings. The predicted molar refractivity (Wildman–Crippen MR) is 105 cm³/mol. The molecule has 2 heterocycles. The number of hydrogen-bond donors (Lipinski definition) is 0. The number of aromatic nitrogens is 2. The molecule has 0 N–H and O–H groups in total. The molecule has 0 unspecified atom stereocenters. The normalized spacial score (nSPS) is 11.8. The first kappa shape index (κ1) is 16.2. The maximum atomic E-state index is 13.3. The van der Waals surface area contributed by atoms with E-state index in [9.17, 15) is 4.79 Å². The van der Waals surface area contributed by atoms with Crippen molar-refractivity contribution in [3.05, 3.63) is 58.9 Å². The molecule has 0 radical (unpaired) electrons. The molecular formula is C22H18N2O2. The lowest BCUT2D eigenvalue weighted by Gasteiger charge is -2.22. The Bertz CT molecular complexity index is 1230. The molecule has 4 rings (SSSR count). The van der Waals surface area contributed by atoms with Crippen LogP contribution in [0.25, 0.3) is 33.1 Å². The molecule has 128 valence electrons. The van der Waals surface area contributed by atoms with Crippen molar-refractivity contribution in [1.29, 1.82) is 0 Å². The Morgan fingerprint density at radius 3 is 2.62 bits per heavy atom. The number of hydrogen-bond acceptors (Lipinski definition) is 3. The molecule has 0 saturated carbocycles. The Morgan fingerprint density at radius 2 is 1.85 bits per heavy atom. The minimum atomic E-state index is -0.792. The molecule has 0 saturated heterocycles. The molecule has 2 aromatic rings. The van der Waals surface area contributed by atoms with Crippen LogP contribution in [0.5, 0.6) is 5.75 Å². The van der Waals surface area contributed by atoms with Crippen molar-refractivity contribution in [2.45, 2.75) is 19.4 Å². The van der Waals surface area contributed by atoms with Gasteiger partial charge in [-0.1, -0.05) is 36.3 Å². The molecule has 2 aromatic carbocycles. The zero-order chi connectivity index (χ0) is 18.5. The fraction of sp³-hybridized carbons (Fsp3) is 0.182. The van der Waals surface area contributed by atoms with Gasteiger partial charge >= 0.3 is 0 Å². The molecule has 0 atom stereocenters. The van der Waals surface area contributed by atoms with Crippen LogP contribution < -0.4 is 10.2 Å². The van der Waals surface area contributed by atoms with E-state index in [2.05, 4.69) is 5.92 Å². The number of nitrogens with zero attached hydrogens (tertiary/aromatic N) is 2. The van der Waals surface area contributed by atoms with Crippen LogP contribution in [0.3, 0.4) is 0 Å². The minimum absolute atomic E-state index is 0.0543. The van der Waals surface area contributed by atoms with Crippen LogP contribution in [-0.2, 0) is 7.05 Å². The number of pyridine rings is 2. The van der Waals surface area contributed by atoms with Gasteiger partial charge in [-0.05, 0) is 36.8 Å². The van der Waals surface area contributed by atoms with Crippen molar-refractivity contribution in [3.63, 3.8) is 0 Å². The summed E-state index contributed by atoms with van der Waals surface area (Å²) in [4.78, 5) is 18.1. The summed E-state index contributed by atoms with van der Waals surface area (Å²) < 4.78 is 7.83. The van der Waals surface area contributed by atoms with Gasteiger partial charge in [-0.25, -0.2) is 4.98 Å². The van der Waals surface area contributed by atoms with Crippen LogP contribution in [0.4, 0.5) is 0 Å². The Kier molecular flexibility index (Phi) is 3.48. The molecule has 0 spiro atoms. The molecule has 0 aromatic heterocycles. The van der Waals surface area contributed by atoms with Crippen molar-refractivity contribution in [2.24, 2.45) is 7.05 Å². The highest BCUT2D eigenvalue weighted by molar-refractivity contribution is 6.00. The monoisotopic (exact) mass is 342 g/mol. The molecule has 0 aliphatic carbocycles. The van der Waals surface area contributed by atoms with Crippen molar-refractivity contribution >= 4 is 21.7 Å². The van der Waals surface area contributed by atoms with Gasteiger partial charge in [-0.3, -0.25) is 4.79 Å². The fourth-order valence-electron chi connectivity index (χ4n) is 3.21. The summed E-state index contributed by atoms with van der Waals surface area (Å²) in [5.74, 6) is 3.74. The second-order valence-electron chi connectivity index (χ2n) is 6.88. The van der Waals surface area contributed by atoms with Gasteiger partial charge in [-0.2, -0.15) is 0 Å². The van der Waals surface area contributed by atoms with Crippen LogP contribution in [0.1, 0.15) is 13.8 Å². The molecule has 2 aliphatic rings. The third kappa shape index (κ3) is 2.41. The standard InChI is InChI=1S/C22H18N2O2/c1-5-22(2,3)26-17-12-8-11-16-19(17)23-21-18(20(16)25)15-10-7-6-9-14(15)13-24(21)4/h1,6-13H,2-4H3. The van der Waals surface area contributed by atoms with Crippen LogP contribution in [0.15, 0.2) is 53.5 Å². The van der Waals surface area contributed by atoms with Crippen LogP contribution in [-0.4, -0.2) is 15.2 Å². The molecule has 2 aliphatic heterocycles. The van der Waals surface area contributed by atoms with E-state index in [0.29, 0.717) is 28.0 Å². The molecule has 26 heavy (non-hydrogen) atoms. The molecule has 0 amide bonds. The van der Waals surface area contributed by atoms with Crippen molar-refractivity contribution in [1.82, 2.24) is 9.55 Å². The van der Waals surface area contributed by atoms with Gasteiger partial charge < -0.3 is 9.30 Å². The molecule has 4 heteroatoms. The van der Waals surface area contributed by atoms with Crippen molar-refractivity contribution in [2.75, 3.05) is 0 Å². The molecular weight excluding hydrogens is 324 g/mol. The Hall–Kier alpha value is -3.32. The second-order valence-corrected chi connectivity index (χ2v) is 6.88. The number of ether oxygens (including phenoxy) is 1. The zero-order valence-corrected chi connectivity index (χ0v) is 14.9. The van der Waals surface area contributed by atoms with Crippen molar-refractivity contribution < 1.29 is 4.74 Å². The van der Waals surface area contributed by atoms with Gasteiger partial charge in [0.1, 0.15) is 17.1 Å². The Labute approximate surface area is 151 Å². The highest BCUT2D eigenvalue weighted by Gasteiger charge is 2.22. The lowest BCUT2D eigenvalue weighted by atomic mass is 10.0. The topological polar surface area (TPSA) is 44.1 Å². The van der Waals surface area contributed by atoms with E-state index in [1.807, 2.05) is 42.1 Å². The number of terminal acetylenes is 1. The van der Waals surface area contributed by atoms with Crippen LogP contribution in [0.2, 0.25) is 0 Å². The lowest BCUT2D eigenvalue weighted by molar-refractivity contribution is 0.175. The van der Waals surface area contributed by atoms with Crippen LogP contribution >= 0.6 is 0 Å². The van der Waals surface area contributed by atoms with Gasteiger partial charge in [0, 0.05) is 13.2 Å². The number of benzene rings is 2. The van der Waals surface area contributed by atoms with Crippen molar-refractivity contribution in [3.8, 4) is 29.5 Å². The van der Waals surface area contributed by atoms with Gasteiger partial charge in [-0.15, -0.1) is 6.42 Å². The quantitative estimate of drug-likeness (QED) is 0.314. The van der Waals surface area contributed by atoms with E-state index >= 15 is 0 Å². The third-order valence-corrected chi connectivity index (χ3v) is 4.52. The second kappa shape index (κ2) is 5.60. The van der Waals surface area contributed by atoms with Gasteiger partial charge in [0.15, 0.2) is 11.0 Å². The first-order valence-electron chi connectivity index (χ1n) is 8.39. The van der Waals surface area contributed by atoms with Crippen LogP contribution in [0, 0.1) is 12.3 Å². The van der Waals surface area contributed by atoms with E-state index in [4.69, 9.17) is 16.1 Å². The van der Waals surface area contributed by atoms with E-state index in [-0.39, 0.29) is 5.43 Å². The smallest absolute Gasteiger partial charge is 0.199 e. The van der Waals surface area contributed by atoms with Gasteiger partial charge in [0.2, 0.25) is 0 Å². The number of rotatable bonds is 2. The first-order chi connectivity index (χ1) is 12.4. The maximum absolute atomic E-state index is 13.3. The predicted octanol–water partition coefficient (Wildman–Crippen LogP) is 3.98. The summed E-state index contributed by atoms with van der Waals surface area (Å²) in [6, 6.07) is 13.2. The highest BCUT2D eigenvalue weighted by Crippen LogP contribution is 2.32. The lowest BCUT2D eigenvalue weighted by Crippen LogP contribution is -2.26. The number of fused-ring (bicyclic) bond motifs is 4. The molecule has 0 bridgehead atoms. The minimum Gasteiger partial charge on any atom is -0.473 e. The van der Waals surface area contributed by atoms with Gasteiger partial charge in [0.05, 0.1) is 10.9 Å². The number of para-hydroxylation sites is 1. The summed E-state index contributed by atoms with van der Waals surface area (Å²) in [5, 5.41) is 2.43. The Balaban J connectivity index is 2.14. The fourth-order valence-corrected chi connectivity index (χ4v) is 3.21. The average molecular weight is 342 g/mol. The summed E-state index contributed by atoms with van der Waals surface area (Å²) >= 11 is 0. The maximum Gasteiger partial charge on any atom is 0.199 e. The van der Waals surface area contributed by atoms with Gasteiger partial charge in [0.25, 0.3) is 0 Å². The third-order valence-electron chi connectivity index (χ3n) is 4.52. The van der Waals surface area contributed by atoms with E-state index in [1.165, 1.54) is 0 Å². The summed E-state index contributed by atoms with van der Waals surface area (Å²) in [7, 11) is 1.89. The van der Waals surface area contributed by atoms with E-state index in [1.54, 1.807) is 32.0 Å². The highest BCUT2D eigenvalue weighted by atomic mass is 16.5. The summed E-state index contributed by atoms with van der Waals surface area (Å²) in [5.41, 5.74) is 0.298. The zero-order valence-electron chi connectivity index (χ0n) is 14.9. The largest absolute Gasteiger partial charge is 0.473 e. The molecule has 4 nitrogen and oxygen atoms in total. The Morgan fingerprint density at radius 1 is 1.12 bits per heavy atom. The van der Waals surface area contributed by atoms with E-state index < -0.39 is 5.60 Å². The van der Waals surface area contributed by atoms with E-state index in [0.717, 1.165) is 10.8 Å². The SMILES string of the molecule is C#CC(C)(C)Oc1cccc2c(=O)c3c4ccccc4cn(C)c-3nc12. The first-order valence-corrected chi connectivity index (χ1v) is 8.39. The summed E-state index contributed by atoms with van der Waals surface area (Å²) in [6.45, 7) is 3.61.